The average molecular weight is 336 g/mol. The molecule has 0 spiro atoms. The minimum absolute atomic E-state index is 0.259. The second-order valence-electron chi connectivity index (χ2n) is 5.73. The van der Waals surface area contributed by atoms with Crippen molar-refractivity contribution in [3.63, 3.8) is 0 Å². The van der Waals surface area contributed by atoms with Crippen molar-refractivity contribution in [1.82, 2.24) is 9.88 Å². The third-order valence-electron chi connectivity index (χ3n) is 3.98. The molecule has 1 N–H and O–H groups in total. The molecule has 0 aliphatic rings. The molecule has 1 atom stereocenters. The fourth-order valence-corrected chi connectivity index (χ4v) is 2.56. The van der Waals surface area contributed by atoms with Crippen molar-refractivity contribution >= 4 is 5.91 Å². The maximum atomic E-state index is 13.2. The van der Waals surface area contributed by atoms with Gasteiger partial charge in [-0.25, -0.2) is 4.39 Å². The third-order valence-corrected chi connectivity index (χ3v) is 3.98. The molecule has 2 aromatic carbocycles. The molecule has 1 aromatic heterocycles. The van der Waals surface area contributed by atoms with E-state index >= 15 is 0 Å². The first-order chi connectivity index (χ1) is 12.0. The van der Waals surface area contributed by atoms with Crippen LogP contribution in [-0.2, 0) is 7.05 Å². The zero-order valence-corrected chi connectivity index (χ0v) is 13.6. The van der Waals surface area contributed by atoms with Crippen LogP contribution in [-0.4, -0.2) is 10.5 Å². The molecule has 3 aromatic rings. The van der Waals surface area contributed by atoms with E-state index in [2.05, 4.69) is 5.32 Å². The quantitative estimate of drug-likeness (QED) is 0.796. The minimum Gasteiger partial charge on any atom is -0.341 e. The number of carbonyl (C=O) groups excluding carboxylic acids is 1. The van der Waals surface area contributed by atoms with Gasteiger partial charge in [0, 0.05) is 24.9 Å². The number of hydrogen-bond acceptors (Lipinski definition) is 2. The summed E-state index contributed by atoms with van der Waals surface area (Å²) in [4.78, 5) is 24.3. The first-order valence-corrected chi connectivity index (χ1v) is 7.82. The Labute approximate surface area is 144 Å². The van der Waals surface area contributed by atoms with Crippen LogP contribution in [0.5, 0.6) is 0 Å². The predicted molar refractivity (Wildman–Crippen MR) is 93.8 cm³/mol. The van der Waals surface area contributed by atoms with Gasteiger partial charge in [0.05, 0.1) is 6.04 Å². The molecule has 0 bridgehead atoms. The second kappa shape index (κ2) is 7.13. The van der Waals surface area contributed by atoms with Crippen LogP contribution in [0.25, 0.3) is 0 Å². The molecule has 4 nitrogen and oxygen atoms in total. The molecule has 0 aliphatic carbocycles. The number of nitrogens with one attached hydrogen (secondary N) is 1. The molecule has 126 valence electrons. The number of pyridine rings is 1. The number of hydrogen-bond donors (Lipinski definition) is 1. The van der Waals surface area contributed by atoms with Gasteiger partial charge in [-0.2, -0.15) is 0 Å². The van der Waals surface area contributed by atoms with Gasteiger partial charge in [0.25, 0.3) is 11.5 Å². The Balaban J connectivity index is 1.94. The van der Waals surface area contributed by atoms with Gasteiger partial charge >= 0.3 is 0 Å². The van der Waals surface area contributed by atoms with Gasteiger partial charge in [-0.3, -0.25) is 9.59 Å². The summed E-state index contributed by atoms with van der Waals surface area (Å²) in [5.41, 5.74) is 1.65. The van der Waals surface area contributed by atoms with E-state index in [0.29, 0.717) is 0 Å². The summed E-state index contributed by atoms with van der Waals surface area (Å²) in [6, 6.07) is 17.8. The summed E-state index contributed by atoms with van der Waals surface area (Å²) in [7, 11) is 1.62. The number of aryl methyl sites for hydroxylation is 1. The van der Waals surface area contributed by atoms with Crippen LogP contribution >= 0.6 is 0 Å². The molecular formula is C20H17FN2O2. The van der Waals surface area contributed by atoms with Gasteiger partial charge in [-0.15, -0.1) is 0 Å². The largest absolute Gasteiger partial charge is 0.341 e. The summed E-state index contributed by atoms with van der Waals surface area (Å²) in [6.07, 6.45) is 1.55. The predicted octanol–water partition coefficient (Wildman–Crippen LogP) is 3.04. The van der Waals surface area contributed by atoms with E-state index in [1.807, 2.05) is 30.3 Å². The van der Waals surface area contributed by atoms with Gasteiger partial charge in [0.15, 0.2) is 0 Å². The maximum absolute atomic E-state index is 13.2. The number of amides is 1. The number of aromatic nitrogens is 1. The van der Waals surface area contributed by atoms with Crippen molar-refractivity contribution in [3.8, 4) is 0 Å². The number of carbonyl (C=O) groups is 1. The van der Waals surface area contributed by atoms with E-state index in [9.17, 15) is 14.0 Å². The average Bonchev–Trinajstić information content (AvgIpc) is 2.63. The lowest BCUT2D eigenvalue weighted by atomic mass is 9.98. The summed E-state index contributed by atoms with van der Waals surface area (Å²) in [5, 5.41) is 2.92. The maximum Gasteiger partial charge on any atom is 0.252 e. The van der Waals surface area contributed by atoms with E-state index in [0.717, 1.165) is 11.1 Å². The summed E-state index contributed by atoms with van der Waals surface area (Å²) >= 11 is 0. The van der Waals surface area contributed by atoms with Crippen LogP contribution in [0.2, 0.25) is 0 Å². The smallest absolute Gasteiger partial charge is 0.252 e. The van der Waals surface area contributed by atoms with E-state index in [-0.39, 0.29) is 22.8 Å². The molecule has 0 fully saturated rings. The lowest BCUT2D eigenvalue weighted by Gasteiger charge is -2.20. The van der Waals surface area contributed by atoms with Crippen molar-refractivity contribution in [2.75, 3.05) is 0 Å². The Kier molecular flexibility index (Phi) is 4.75. The van der Waals surface area contributed by atoms with Gasteiger partial charge in [-0.1, -0.05) is 42.5 Å². The van der Waals surface area contributed by atoms with Crippen LogP contribution in [0.15, 0.2) is 77.7 Å². The van der Waals surface area contributed by atoms with Crippen LogP contribution in [0.3, 0.4) is 0 Å². The molecule has 1 unspecified atom stereocenters. The number of halogens is 1. The zero-order valence-electron chi connectivity index (χ0n) is 13.6. The SMILES string of the molecule is Cn1ccc(C(=O)NC(c2ccccc2)c2ccc(F)cc2)cc1=O. The Hall–Kier alpha value is -3.21. The van der Waals surface area contributed by atoms with Crippen molar-refractivity contribution < 1.29 is 9.18 Å². The highest BCUT2D eigenvalue weighted by molar-refractivity contribution is 5.94. The monoisotopic (exact) mass is 336 g/mol. The fraction of sp³-hybridized carbons (Fsp3) is 0.100. The molecule has 3 rings (SSSR count). The second-order valence-corrected chi connectivity index (χ2v) is 5.73. The van der Waals surface area contributed by atoms with Crippen molar-refractivity contribution in [2.24, 2.45) is 7.05 Å². The highest BCUT2D eigenvalue weighted by atomic mass is 19.1. The summed E-state index contributed by atoms with van der Waals surface area (Å²) < 4.78 is 14.6. The first-order valence-electron chi connectivity index (χ1n) is 7.82. The molecule has 0 saturated heterocycles. The highest BCUT2D eigenvalue weighted by Gasteiger charge is 2.18. The molecule has 25 heavy (non-hydrogen) atoms. The summed E-state index contributed by atoms with van der Waals surface area (Å²) in [5.74, 6) is -0.704. The van der Waals surface area contributed by atoms with E-state index in [1.165, 1.54) is 22.8 Å². The third kappa shape index (κ3) is 3.83. The minimum atomic E-state index is -0.446. The van der Waals surface area contributed by atoms with E-state index < -0.39 is 6.04 Å². The number of nitrogens with zero attached hydrogens (tertiary/aromatic N) is 1. The number of benzene rings is 2. The Morgan fingerprint density at radius 3 is 2.28 bits per heavy atom. The molecule has 0 aliphatic heterocycles. The van der Waals surface area contributed by atoms with Crippen LogP contribution in [0, 0.1) is 5.82 Å². The molecule has 0 saturated carbocycles. The van der Waals surface area contributed by atoms with E-state index in [4.69, 9.17) is 0 Å². The van der Waals surface area contributed by atoms with Crippen molar-refractivity contribution in [1.29, 1.82) is 0 Å². The van der Waals surface area contributed by atoms with Crippen LogP contribution in [0.1, 0.15) is 27.5 Å². The molecule has 5 heteroatoms. The normalized spacial score (nSPS) is 11.8. The lowest BCUT2D eigenvalue weighted by Crippen LogP contribution is -2.30. The standard InChI is InChI=1S/C20H17FN2O2/c1-23-12-11-16(13-18(23)24)20(25)22-19(14-5-3-2-4-6-14)15-7-9-17(21)10-8-15/h2-13,19H,1H3,(H,22,25). The van der Waals surface area contributed by atoms with Crippen LogP contribution in [0.4, 0.5) is 4.39 Å². The van der Waals surface area contributed by atoms with Crippen molar-refractivity contribution in [3.05, 3.63) is 106 Å². The van der Waals surface area contributed by atoms with Gasteiger partial charge in [0.1, 0.15) is 5.82 Å². The Morgan fingerprint density at radius 1 is 1.00 bits per heavy atom. The van der Waals surface area contributed by atoms with Crippen LogP contribution < -0.4 is 10.9 Å². The number of rotatable bonds is 4. The lowest BCUT2D eigenvalue weighted by molar-refractivity contribution is 0.0942. The summed E-state index contributed by atoms with van der Waals surface area (Å²) in [6.45, 7) is 0. The fourth-order valence-electron chi connectivity index (χ4n) is 2.56. The molecule has 1 heterocycles. The van der Waals surface area contributed by atoms with Gasteiger partial charge in [-0.05, 0) is 29.3 Å². The molecule has 1 amide bonds. The topological polar surface area (TPSA) is 51.1 Å². The van der Waals surface area contributed by atoms with Gasteiger partial charge < -0.3 is 9.88 Å². The van der Waals surface area contributed by atoms with Crippen molar-refractivity contribution in [2.45, 2.75) is 6.04 Å². The van der Waals surface area contributed by atoms with E-state index in [1.54, 1.807) is 31.4 Å². The highest BCUT2D eigenvalue weighted by Crippen LogP contribution is 2.22. The first kappa shape index (κ1) is 16.6. The zero-order chi connectivity index (χ0) is 17.8. The molecular weight excluding hydrogens is 319 g/mol. The molecule has 0 radical (unpaired) electrons. The Bertz CT molecular complexity index is 934. The Morgan fingerprint density at radius 2 is 1.64 bits per heavy atom. The van der Waals surface area contributed by atoms with Gasteiger partial charge in [0.2, 0.25) is 0 Å².